The summed E-state index contributed by atoms with van der Waals surface area (Å²) in [4.78, 5) is 6.94. The van der Waals surface area contributed by atoms with Crippen LogP contribution in [0.5, 0.6) is 0 Å². The van der Waals surface area contributed by atoms with E-state index in [1.165, 1.54) is 24.9 Å². The van der Waals surface area contributed by atoms with Crippen LogP contribution in [0.1, 0.15) is 37.4 Å². The van der Waals surface area contributed by atoms with Crippen molar-refractivity contribution in [2.45, 2.75) is 31.6 Å². The maximum atomic E-state index is 6.37. The molecule has 2 aliphatic rings. The first-order valence-electron chi connectivity index (χ1n) is 8.27. The van der Waals surface area contributed by atoms with E-state index in [0.29, 0.717) is 17.5 Å². The van der Waals surface area contributed by atoms with E-state index >= 15 is 0 Å². The van der Waals surface area contributed by atoms with Crippen molar-refractivity contribution >= 4 is 17.3 Å². The monoisotopic (exact) mass is 333 g/mol. The van der Waals surface area contributed by atoms with Gasteiger partial charge in [-0.3, -0.25) is 0 Å². The number of benzene rings is 1. The van der Waals surface area contributed by atoms with Gasteiger partial charge in [0.2, 0.25) is 0 Å². The van der Waals surface area contributed by atoms with Gasteiger partial charge in [-0.05, 0) is 43.9 Å². The minimum Gasteiger partial charge on any atom is -0.381 e. The van der Waals surface area contributed by atoms with Crippen molar-refractivity contribution in [1.29, 1.82) is 0 Å². The molecule has 0 N–H and O–H groups in total. The molecule has 4 rings (SSSR count). The Morgan fingerprint density at radius 3 is 2.83 bits per heavy atom. The average Bonchev–Trinajstić information content (AvgIpc) is 3.27. The van der Waals surface area contributed by atoms with Crippen LogP contribution >= 0.6 is 11.6 Å². The van der Waals surface area contributed by atoms with E-state index in [2.05, 4.69) is 27.2 Å². The number of halogens is 1. The number of anilines is 1. The van der Waals surface area contributed by atoms with Crippen molar-refractivity contribution in [3.05, 3.63) is 29.0 Å². The first-order valence-corrected chi connectivity index (χ1v) is 8.65. The molecule has 2 saturated heterocycles. The number of piperidine rings is 1. The highest BCUT2D eigenvalue weighted by molar-refractivity contribution is 6.33. The second-order valence-corrected chi connectivity index (χ2v) is 6.64. The SMILES string of the molecule is Clc1ccc(N2CCCCC2)cc1-c1nc([C@H]2CCOC2)no1. The van der Waals surface area contributed by atoms with Crippen molar-refractivity contribution in [2.75, 3.05) is 31.2 Å². The second-order valence-electron chi connectivity index (χ2n) is 6.23. The zero-order valence-corrected chi connectivity index (χ0v) is 13.8. The van der Waals surface area contributed by atoms with Crippen LogP contribution in [0.25, 0.3) is 11.5 Å². The third kappa shape index (κ3) is 3.08. The van der Waals surface area contributed by atoms with E-state index < -0.39 is 0 Å². The highest BCUT2D eigenvalue weighted by Gasteiger charge is 2.24. The van der Waals surface area contributed by atoms with Gasteiger partial charge in [0.1, 0.15) is 0 Å². The summed E-state index contributed by atoms with van der Waals surface area (Å²) < 4.78 is 10.9. The highest BCUT2D eigenvalue weighted by Crippen LogP contribution is 2.33. The van der Waals surface area contributed by atoms with Gasteiger partial charge in [0.15, 0.2) is 5.82 Å². The molecule has 0 spiro atoms. The summed E-state index contributed by atoms with van der Waals surface area (Å²) in [5.41, 5.74) is 1.99. The Hall–Kier alpha value is -1.59. The lowest BCUT2D eigenvalue weighted by molar-refractivity contribution is 0.192. The van der Waals surface area contributed by atoms with E-state index in [0.717, 1.165) is 37.5 Å². The topological polar surface area (TPSA) is 51.4 Å². The Balaban J connectivity index is 1.62. The number of aromatic nitrogens is 2. The molecule has 0 aliphatic carbocycles. The molecule has 6 heteroatoms. The summed E-state index contributed by atoms with van der Waals surface area (Å²) in [6.07, 6.45) is 4.74. The number of hydrogen-bond acceptors (Lipinski definition) is 5. The fourth-order valence-corrected chi connectivity index (χ4v) is 3.47. The molecule has 2 aromatic rings. The Morgan fingerprint density at radius 2 is 2.04 bits per heavy atom. The smallest absolute Gasteiger partial charge is 0.259 e. The molecule has 0 saturated carbocycles. The van der Waals surface area contributed by atoms with Gasteiger partial charge < -0.3 is 14.2 Å². The molecule has 23 heavy (non-hydrogen) atoms. The molecule has 0 unspecified atom stereocenters. The summed E-state index contributed by atoms with van der Waals surface area (Å²) in [7, 11) is 0. The van der Waals surface area contributed by atoms with Crippen LogP contribution in [0, 0.1) is 0 Å². The molecular formula is C17H20ClN3O2. The van der Waals surface area contributed by atoms with Crippen LogP contribution < -0.4 is 4.90 Å². The Kier molecular flexibility index (Phi) is 4.23. The summed E-state index contributed by atoms with van der Waals surface area (Å²) >= 11 is 6.37. The van der Waals surface area contributed by atoms with E-state index in [9.17, 15) is 0 Å². The minimum absolute atomic E-state index is 0.233. The Labute approximate surface area is 140 Å². The molecule has 1 atom stereocenters. The third-order valence-electron chi connectivity index (χ3n) is 4.64. The van der Waals surface area contributed by atoms with Crippen LogP contribution in [-0.2, 0) is 4.74 Å². The van der Waals surface area contributed by atoms with Gasteiger partial charge in [-0.15, -0.1) is 0 Å². The molecule has 3 heterocycles. The summed E-state index contributed by atoms with van der Waals surface area (Å²) in [6.45, 7) is 3.62. The number of ether oxygens (including phenoxy) is 1. The Bertz CT molecular complexity index is 676. The van der Waals surface area contributed by atoms with Crippen LogP contribution in [0.3, 0.4) is 0 Å². The van der Waals surface area contributed by atoms with Crippen molar-refractivity contribution in [2.24, 2.45) is 0 Å². The van der Waals surface area contributed by atoms with Crippen molar-refractivity contribution in [1.82, 2.24) is 10.1 Å². The van der Waals surface area contributed by atoms with Crippen molar-refractivity contribution in [3.8, 4) is 11.5 Å². The zero-order chi connectivity index (χ0) is 15.6. The van der Waals surface area contributed by atoms with Gasteiger partial charge in [-0.2, -0.15) is 4.98 Å². The van der Waals surface area contributed by atoms with E-state index in [-0.39, 0.29) is 5.92 Å². The summed E-state index contributed by atoms with van der Waals surface area (Å²) in [6, 6.07) is 6.05. The Morgan fingerprint density at radius 1 is 1.17 bits per heavy atom. The molecule has 0 bridgehead atoms. The highest BCUT2D eigenvalue weighted by atomic mass is 35.5. The molecule has 1 aromatic heterocycles. The maximum absolute atomic E-state index is 6.37. The average molecular weight is 334 g/mol. The number of hydrogen-bond donors (Lipinski definition) is 0. The van der Waals surface area contributed by atoms with Gasteiger partial charge in [0.05, 0.1) is 17.2 Å². The van der Waals surface area contributed by atoms with Crippen LogP contribution in [0.4, 0.5) is 5.69 Å². The fraction of sp³-hybridized carbons (Fsp3) is 0.529. The van der Waals surface area contributed by atoms with E-state index in [4.69, 9.17) is 20.9 Å². The lowest BCUT2D eigenvalue weighted by Gasteiger charge is -2.29. The summed E-state index contributed by atoms with van der Waals surface area (Å²) in [5, 5.41) is 4.76. The van der Waals surface area contributed by atoms with Gasteiger partial charge in [0, 0.05) is 31.3 Å². The largest absolute Gasteiger partial charge is 0.381 e. The molecule has 1 aromatic carbocycles. The minimum atomic E-state index is 0.233. The quantitative estimate of drug-likeness (QED) is 0.853. The standard InChI is InChI=1S/C17H20ClN3O2/c18-15-5-4-13(21-7-2-1-3-8-21)10-14(15)17-19-16(20-23-17)12-6-9-22-11-12/h4-5,10,12H,1-3,6-9,11H2/t12-/m0/s1. The predicted octanol–water partition coefficient (Wildman–Crippen LogP) is 3.88. The van der Waals surface area contributed by atoms with Gasteiger partial charge in [-0.1, -0.05) is 16.8 Å². The third-order valence-corrected chi connectivity index (χ3v) is 4.97. The van der Waals surface area contributed by atoms with Gasteiger partial charge in [-0.25, -0.2) is 0 Å². The van der Waals surface area contributed by atoms with E-state index in [1.807, 2.05) is 6.07 Å². The molecule has 0 amide bonds. The lowest BCUT2D eigenvalue weighted by atomic mass is 10.1. The van der Waals surface area contributed by atoms with Crippen LogP contribution in [-0.4, -0.2) is 36.4 Å². The first-order chi connectivity index (χ1) is 11.3. The maximum Gasteiger partial charge on any atom is 0.259 e. The normalized spacial score (nSPS) is 21.8. The molecule has 2 aliphatic heterocycles. The van der Waals surface area contributed by atoms with E-state index in [1.54, 1.807) is 0 Å². The van der Waals surface area contributed by atoms with Crippen molar-refractivity contribution < 1.29 is 9.26 Å². The fourth-order valence-electron chi connectivity index (χ4n) is 3.27. The van der Waals surface area contributed by atoms with Crippen LogP contribution in [0.2, 0.25) is 5.02 Å². The van der Waals surface area contributed by atoms with Crippen molar-refractivity contribution in [3.63, 3.8) is 0 Å². The zero-order valence-electron chi connectivity index (χ0n) is 13.0. The number of nitrogens with zero attached hydrogens (tertiary/aromatic N) is 3. The van der Waals surface area contributed by atoms with Gasteiger partial charge in [0.25, 0.3) is 5.89 Å². The van der Waals surface area contributed by atoms with Crippen LogP contribution in [0.15, 0.2) is 22.7 Å². The molecule has 5 nitrogen and oxygen atoms in total. The molecule has 122 valence electrons. The van der Waals surface area contributed by atoms with Gasteiger partial charge >= 0.3 is 0 Å². The second kappa shape index (κ2) is 6.49. The lowest BCUT2D eigenvalue weighted by Crippen LogP contribution is -2.29. The number of rotatable bonds is 3. The molecule has 2 fully saturated rings. The predicted molar refractivity (Wildman–Crippen MR) is 89.0 cm³/mol. The molecular weight excluding hydrogens is 314 g/mol. The summed E-state index contributed by atoms with van der Waals surface area (Å²) in [5.74, 6) is 1.45. The first kappa shape index (κ1) is 15.0. The molecule has 0 radical (unpaired) electrons.